The second kappa shape index (κ2) is 8.33. The minimum absolute atomic E-state index is 0.127. The lowest BCUT2D eigenvalue weighted by molar-refractivity contribution is 0.186. The molecule has 1 atom stereocenters. The highest BCUT2D eigenvalue weighted by Gasteiger charge is 2.14. The fourth-order valence-electron chi connectivity index (χ4n) is 3.38. The Morgan fingerprint density at radius 3 is 2.70 bits per heavy atom. The van der Waals surface area contributed by atoms with Gasteiger partial charge in [-0.1, -0.05) is 30.3 Å². The summed E-state index contributed by atoms with van der Waals surface area (Å²) < 4.78 is 3.76. The van der Waals surface area contributed by atoms with E-state index in [1.807, 2.05) is 55.6 Å². The highest BCUT2D eigenvalue weighted by Crippen LogP contribution is 2.23. The first kappa shape index (κ1) is 19.6. The minimum atomic E-state index is -0.759. The fourth-order valence-corrected chi connectivity index (χ4v) is 3.38. The predicted molar refractivity (Wildman–Crippen MR) is 114 cm³/mol. The molecular formula is C23H22N6O. The van der Waals surface area contributed by atoms with Crippen molar-refractivity contribution in [1.82, 2.24) is 19.3 Å². The van der Waals surface area contributed by atoms with Crippen LogP contribution in [0.25, 0.3) is 16.9 Å². The molecule has 2 aromatic heterocycles. The molecule has 0 saturated carbocycles. The zero-order valence-electron chi connectivity index (χ0n) is 16.6. The van der Waals surface area contributed by atoms with E-state index in [1.54, 1.807) is 23.1 Å². The monoisotopic (exact) mass is 398 g/mol. The summed E-state index contributed by atoms with van der Waals surface area (Å²) in [5.41, 5.74) is 10.5. The van der Waals surface area contributed by atoms with Crippen molar-refractivity contribution in [2.45, 2.75) is 19.6 Å². The minimum Gasteiger partial charge on any atom is -0.387 e. The Hall–Kier alpha value is -3.73. The van der Waals surface area contributed by atoms with Gasteiger partial charge in [0.15, 0.2) is 0 Å². The molecule has 2 aromatic carbocycles. The van der Waals surface area contributed by atoms with Gasteiger partial charge in [0.25, 0.3) is 0 Å². The van der Waals surface area contributed by atoms with E-state index in [0.29, 0.717) is 17.7 Å². The molecule has 0 fully saturated rings. The van der Waals surface area contributed by atoms with E-state index in [-0.39, 0.29) is 6.54 Å². The number of nitriles is 1. The molecule has 0 aliphatic carbocycles. The van der Waals surface area contributed by atoms with Crippen LogP contribution in [0, 0.1) is 18.3 Å². The summed E-state index contributed by atoms with van der Waals surface area (Å²) >= 11 is 0. The van der Waals surface area contributed by atoms with E-state index in [0.717, 1.165) is 28.3 Å². The number of imidazole rings is 1. The maximum atomic E-state index is 9.99. The van der Waals surface area contributed by atoms with Crippen LogP contribution in [-0.2, 0) is 6.54 Å². The molecule has 0 bridgehead atoms. The number of aryl methyl sites for hydroxylation is 1. The number of aliphatic hydroxyl groups excluding tert-OH is 1. The van der Waals surface area contributed by atoms with Crippen molar-refractivity contribution in [1.29, 1.82) is 5.26 Å². The molecule has 1 unspecified atom stereocenters. The molecule has 0 saturated heterocycles. The zero-order chi connectivity index (χ0) is 21.1. The quantitative estimate of drug-likeness (QED) is 0.519. The van der Waals surface area contributed by atoms with Gasteiger partial charge >= 0.3 is 0 Å². The molecule has 0 aliphatic heterocycles. The third kappa shape index (κ3) is 3.87. The van der Waals surface area contributed by atoms with E-state index in [4.69, 9.17) is 5.73 Å². The summed E-state index contributed by atoms with van der Waals surface area (Å²) in [5, 5.41) is 23.7. The Morgan fingerprint density at radius 1 is 1.17 bits per heavy atom. The Labute approximate surface area is 174 Å². The van der Waals surface area contributed by atoms with Gasteiger partial charge in [-0.15, -0.1) is 0 Å². The molecule has 0 radical (unpaired) electrons. The van der Waals surface area contributed by atoms with Crippen LogP contribution < -0.4 is 5.73 Å². The first-order valence-electron chi connectivity index (χ1n) is 9.64. The van der Waals surface area contributed by atoms with Crippen molar-refractivity contribution in [2.75, 3.05) is 6.54 Å². The largest absolute Gasteiger partial charge is 0.387 e. The molecule has 150 valence electrons. The van der Waals surface area contributed by atoms with E-state index < -0.39 is 6.10 Å². The average molecular weight is 398 g/mol. The lowest BCUT2D eigenvalue weighted by Gasteiger charge is -2.12. The number of benzene rings is 2. The van der Waals surface area contributed by atoms with Gasteiger partial charge in [0.05, 0.1) is 41.9 Å². The zero-order valence-corrected chi connectivity index (χ0v) is 16.6. The Kier molecular flexibility index (Phi) is 5.44. The number of nitrogens with two attached hydrogens (primary N) is 1. The molecule has 4 rings (SSSR count). The second-order valence-corrected chi connectivity index (χ2v) is 7.09. The molecule has 0 aliphatic rings. The standard InChI is InChI=1S/C23H22N6O/c1-16-27-21(18-5-3-2-4-6-18)15-28(16)13-19-9-17(10-24)7-8-22(19)29-14-20(12-26-29)23(30)11-25/h2-9,12,14-15,23,30H,11,13,25H2,1H3. The summed E-state index contributed by atoms with van der Waals surface area (Å²) in [6, 6.07) is 17.7. The van der Waals surface area contributed by atoms with Crippen LogP contribution in [0.1, 0.15) is 28.6 Å². The lowest BCUT2D eigenvalue weighted by atomic mass is 10.1. The van der Waals surface area contributed by atoms with Crippen molar-refractivity contribution in [3.8, 4) is 23.0 Å². The van der Waals surface area contributed by atoms with Crippen LogP contribution in [-0.4, -0.2) is 31.0 Å². The molecule has 30 heavy (non-hydrogen) atoms. The van der Waals surface area contributed by atoms with Gasteiger partial charge in [0.1, 0.15) is 5.82 Å². The Bertz CT molecular complexity index is 1200. The van der Waals surface area contributed by atoms with Gasteiger partial charge in [0.2, 0.25) is 0 Å². The summed E-state index contributed by atoms with van der Waals surface area (Å²) in [5.74, 6) is 0.877. The maximum Gasteiger partial charge on any atom is 0.106 e. The van der Waals surface area contributed by atoms with E-state index >= 15 is 0 Å². The van der Waals surface area contributed by atoms with Gasteiger partial charge in [-0.2, -0.15) is 10.4 Å². The molecule has 0 spiro atoms. The normalized spacial score (nSPS) is 11.9. The van der Waals surface area contributed by atoms with Crippen molar-refractivity contribution >= 4 is 0 Å². The van der Waals surface area contributed by atoms with Crippen LogP contribution >= 0.6 is 0 Å². The van der Waals surface area contributed by atoms with E-state index in [9.17, 15) is 10.4 Å². The summed E-state index contributed by atoms with van der Waals surface area (Å²) in [4.78, 5) is 4.69. The first-order valence-corrected chi connectivity index (χ1v) is 9.64. The Balaban J connectivity index is 1.72. The molecule has 2 heterocycles. The molecule has 4 aromatic rings. The van der Waals surface area contributed by atoms with Crippen molar-refractivity contribution < 1.29 is 5.11 Å². The Morgan fingerprint density at radius 2 is 1.97 bits per heavy atom. The number of hydrogen-bond donors (Lipinski definition) is 2. The third-order valence-corrected chi connectivity index (χ3v) is 5.05. The SMILES string of the molecule is Cc1nc(-c2ccccc2)cn1Cc1cc(C#N)ccc1-n1cc(C(O)CN)cn1. The van der Waals surface area contributed by atoms with Gasteiger partial charge in [-0.3, -0.25) is 0 Å². The maximum absolute atomic E-state index is 9.99. The van der Waals surface area contributed by atoms with E-state index in [1.165, 1.54) is 0 Å². The summed E-state index contributed by atoms with van der Waals surface area (Å²) in [6.07, 6.45) is 4.62. The number of aliphatic hydroxyl groups is 1. The van der Waals surface area contributed by atoms with Crippen LogP contribution in [0.4, 0.5) is 0 Å². The molecule has 0 amide bonds. The van der Waals surface area contributed by atoms with Crippen LogP contribution in [0.3, 0.4) is 0 Å². The fraction of sp³-hybridized carbons (Fsp3) is 0.174. The van der Waals surface area contributed by atoms with E-state index in [2.05, 4.69) is 20.7 Å². The van der Waals surface area contributed by atoms with Crippen molar-refractivity contribution in [3.05, 3.63) is 89.6 Å². The molecule has 7 heteroatoms. The third-order valence-electron chi connectivity index (χ3n) is 5.05. The smallest absolute Gasteiger partial charge is 0.106 e. The highest BCUT2D eigenvalue weighted by molar-refractivity contribution is 5.58. The predicted octanol–water partition coefficient (Wildman–Crippen LogP) is 2.96. The van der Waals surface area contributed by atoms with Gasteiger partial charge in [-0.05, 0) is 30.7 Å². The van der Waals surface area contributed by atoms with Gasteiger partial charge < -0.3 is 15.4 Å². The van der Waals surface area contributed by atoms with Crippen LogP contribution in [0.15, 0.2) is 67.1 Å². The topological polar surface area (TPSA) is 106 Å². The summed E-state index contributed by atoms with van der Waals surface area (Å²) in [7, 11) is 0. The second-order valence-electron chi connectivity index (χ2n) is 7.09. The molecule has 7 nitrogen and oxygen atoms in total. The molecular weight excluding hydrogens is 376 g/mol. The number of rotatable bonds is 6. The van der Waals surface area contributed by atoms with Crippen molar-refractivity contribution in [3.63, 3.8) is 0 Å². The number of nitrogens with zero attached hydrogens (tertiary/aromatic N) is 5. The van der Waals surface area contributed by atoms with Gasteiger partial charge in [0, 0.05) is 30.1 Å². The number of aromatic nitrogens is 4. The first-order chi connectivity index (χ1) is 14.6. The van der Waals surface area contributed by atoms with Gasteiger partial charge in [-0.25, -0.2) is 9.67 Å². The number of hydrogen-bond acceptors (Lipinski definition) is 5. The van der Waals surface area contributed by atoms with Crippen LogP contribution in [0.5, 0.6) is 0 Å². The van der Waals surface area contributed by atoms with Crippen molar-refractivity contribution in [2.24, 2.45) is 5.73 Å². The molecule has 3 N–H and O–H groups in total. The average Bonchev–Trinajstić information content (AvgIpc) is 3.41. The van der Waals surface area contributed by atoms with Crippen LogP contribution in [0.2, 0.25) is 0 Å². The highest BCUT2D eigenvalue weighted by atomic mass is 16.3. The summed E-state index contributed by atoms with van der Waals surface area (Å²) in [6.45, 7) is 2.62. The lowest BCUT2D eigenvalue weighted by Crippen LogP contribution is -2.11.